The van der Waals surface area contributed by atoms with Crippen LogP contribution in [0, 0.1) is 0 Å². The number of benzene rings is 3. The van der Waals surface area contributed by atoms with Crippen molar-refractivity contribution in [2.24, 2.45) is 0 Å². The molecule has 35 heavy (non-hydrogen) atoms. The van der Waals surface area contributed by atoms with Gasteiger partial charge in [0.05, 0.1) is 17.3 Å². The Bertz CT molecular complexity index is 1290. The molecule has 0 atom stereocenters. The number of halogens is 1. The fourth-order valence-electron chi connectivity index (χ4n) is 3.64. The molecule has 1 heterocycles. The first-order valence-corrected chi connectivity index (χ1v) is 11.9. The lowest BCUT2D eigenvalue weighted by Gasteiger charge is -2.21. The number of carbonyl (C=O) groups is 2. The van der Waals surface area contributed by atoms with Gasteiger partial charge in [-0.15, -0.1) is 0 Å². The molecule has 1 amide bonds. The van der Waals surface area contributed by atoms with Crippen LogP contribution in [0.3, 0.4) is 0 Å². The Morgan fingerprint density at radius 3 is 2.20 bits per heavy atom. The van der Waals surface area contributed by atoms with Crippen LogP contribution in [0.2, 0.25) is 0 Å². The van der Waals surface area contributed by atoms with Crippen LogP contribution in [-0.2, 0) is 0 Å². The summed E-state index contributed by atoms with van der Waals surface area (Å²) < 4.78 is 6.30. The van der Waals surface area contributed by atoms with Gasteiger partial charge in [-0.05, 0) is 51.3 Å². The second-order valence-corrected chi connectivity index (χ2v) is 9.23. The summed E-state index contributed by atoms with van der Waals surface area (Å²) in [5, 5.41) is 0.649. The van der Waals surface area contributed by atoms with Crippen molar-refractivity contribution in [2.75, 3.05) is 39.2 Å². The van der Waals surface area contributed by atoms with Crippen molar-refractivity contribution in [2.45, 2.75) is 6.42 Å². The third kappa shape index (κ3) is 6.25. The number of ether oxygens (including phenoxy) is 1. The molecule has 0 unspecified atom stereocenters. The molecule has 0 bridgehead atoms. The molecule has 3 aromatic carbocycles. The van der Waals surface area contributed by atoms with Gasteiger partial charge >= 0.3 is 0 Å². The summed E-state index contributed by atoms with van der Waals surface area (Å²) in [6.07, 6.45) is 0.808. The van der Waals surface area contributed by atoms with E-state index in [1.54, 1.807) is 48.4 Å². The number of hydrogen-bond donors (Lipinski definition) is 0. The highest BCUT2D eigenvalue weighted by Gasteiger charge is 2.22. The number of ketones is 1. The minimum absolute atomic E-state index is 0. The van der Waals surface area contributed by atoms with Gasteiger partial charge < -0.3 is 22.0 Å². The Labute approximate surface area is 215 Å². The number of methoxy groups -OCH3 is 1. The molecule has 0 spiro atoms. The molecule has 0 aliphatic heterocycles. The van der Waals surface area contributed by atoms with E-state index in [9.17, 15) is 9.59 Å². The Balaban J connectivity index is 0.00000342. The number of fused-ring (bicyclic) bond motifs is 1. The summed E-state index contributed by atoms with van der Waals surface area (Å²) in [4.78, 5) is 34.8. The van der Waals surface area contributed by atoms with E-state index in [4.69, 9.17) is 9.72 Å². The van der Waals surface area contributed by atoms with Gasteiger partial charge in [0.15, 0.2) is 10.9 Å². The van der Waals surface area contributed by atoms with Crippen molar-refractivity contribution < 1.29 is 26.7 Å². The summed E-state index contributed by atoms with van der Waals surface area (Å²) in [6.45, 7) is 1.39. The average Bonchev–Trinajstić information content (AvgIpc) is 3.29. The van der Waals surface area contributed by atoms with E-state index in [-0.39, 0.29) is 24.1 Å². The van der Waals surface area contributed by atoms with E-state index < -0.39 is 0 Å². The molecular weight excluding hydrogens is 482 g/mol. The summed E-state index contributed by atoms with van der Waals surface area (Å²) in [5.74, 6) is 0.527. The summed E-state index contributed by atoms with van der Waals surface area (Å²) in [7, 11) is 5.65. The minimum atomic E-state index is -0.136. The van der Waals surface area contributed by atoms with Gasteiger partial charge in [0.25, 0.3) is 5.91 Å². The molecule has 1 aromatic heterocycles. The minimum Gasteiger partial charge on any atom is -1.00 e. The molecule has 0 radical (unpaired) electrons. The maximum Gasteiger partial charge on any atom is 0.260 e. The number of rotatable bonds is 9. The van der Waals surface area contributed by atoms with Gasteiger partial charge in [-0.3, -0.25) is 14.5 Å². The van der Waals surface area contributed by atoms with Crippen LogP contribution in [0.25, 0.3) is 10.2 Å². The predicted octanol–water partition coefficient (Wildman–Crippen LogP) is 2.14. The first kappa shape index (κ1) is 26.3. The molecule has 0 fully saturated rings. The van der Waals surface area contributed by atoms with Gasteiger partial charge in [-0.25, -0.2) is 4.98 Å². The fourth-order valence-corrected chi connectivity index (χ4v) is 4.61. The maximum atomic E-state index is 13.5. The first-order chi connectivity index (χ1) is 16.5. The van der Waals surface area contributed by atoms with Gasteiger partial charge in [0, 0.05) is 29.3 Å². The van der Waals surface area contributed by atoms with Crippen LogP contribution in [0.4, 0.5) is 5.13 Å². The molecule has 0 aliphatic carbocycles. The third-order valence-electron chi connectivity index (χ3n) is 5.48. The molecular formula is C27H27ClN3O3S-. The maximum absolute atomic E-state index is 13.5. The Kier molecular flexibility index (Phi) is 8.98. The van der Waals surface area contributed by atoms with E-state index in [1.165, 1.54) is 11.3 Å². The van der Waals surface area contributed by atoms with Crippen LogP contribution in [0.15, 0.2) is 72.8 Å². The molecule has 0 saturated carbocycles. The highest BCUT2D eigenvalue weighted by Crippen LogP contribution is 2.32. The Hall–Kier alpha value is -3.26. The smallest absolute Gasteiger partial charge is 0.260 e. The highest BCUT2D eigenvalue weighted by atomic mass is 35.5. The van der Waals surface area contributed by atoms with E-state index in [1.807, 2.05) is 50.5 Å². The number of anilines is 1. The van der Waals surface area contributed by atoms with Gasteiger partial charge in [-0.2, -0.15) is 0 Å². The first-order valence-electron chi connectivity index (χ1n) is 11.1. The Morgan fingerprint density at radius 2 is 1.54 bits per heavy atom. The summed E-state index contributed by atoms with van der Waals surface area (Å²) in [6, 6.07) is 21.7. The van der Waals surface area contributed by atoms with Crippen LogP contribution in [0.1, 0.15) is 32.7 Å². The summed E-state index contributed by atoms with van der Waals surface area (Å²) >= 11 is 1.48. The molecule has 8 heteroatoms. The van der Waals surface area contributed by atoms with Crippen molar-refractivity contribution in [1.29, 1.82) is 0 Å². The number of nitrogens with zero attached hydrogens (tertiary/aromatic N) is 3. The molecule has 4 aromatic rings. The van der Waals surface area contributed by atoms with E-state index in [0.717, 1.165) is 28.9 Å². The summed E-state index contributed by atoms with van der Waals surface area (Å²) in [5.41, 5.74) is 2.49. The molecule has 0 aliphatic rings. The van der Waals surface area contributed by atoms with Crippen molar-refractivity contribution >= 4 is 38.4 Å². The molecule has 4 rings (SSSR count). The monoisotopic (exact) mass is 508 g/mol. The SMILES string of the molecule is COc1ccc2sc(N(CCCN(C)C)C(=O)c3ccc(C(=O)c4ccccc4)cc3)nc2c1.[Cl-]. The zero-order valence-electron chi connectivity index (χ0n) is 19.9. The highest BCUT2D eigenvalue weighted by molar-refractivity contribution is 7.22. The predicted molar refractivity (Wildman–Crippen MR) is 137 cm³/mol. The molecule has 182 valence electrons. The van der Waals surface area contributed by atoms with Gasteiger partial charge in [0.1, 0.15) is 5.75 Å². The van der Waals surface area contributed by atoms with Crippen molar-refractivity contribution in [3.63, 3.8) is 0 Å². The number of carbonyl (C=O) groups excluding carboxylic acids is 2. The quantitative estimate of drug-likeness (QED) is 0.324. The van der Waals surface area contributed by atoms with Crippen molar-refractivity contribution in [1.82, 2.24) is 9.88 Å². The second kappa shape index (κ2) is 11.9. The van der Waals surface area contributed by atoms with Gasteiger partial charge in [-0.1, -0.05) is 53.8 Å². The van der Waals surface area contributed by atoms with Gasteiger partial charge in [0.2, 0.25) is 0 Å². The number of thiazole rings is 1. The molecule has 0 N–H and O–H groups in total. The van der Waals surface area contributed by atoms with Crippen molar-refractivity contribution in [3.05, 3.63) is 89.5 Å². The lowest BCUT2D eigenvalue weighted by molar-refractivity contribution is -0.0000218. The van der Waals surface area contributed by atoms with Crippen LogP contribution in [-0.4, -0.2) is 55.9 Å². The standard InChI is InChI=1S/C27H27N3O3S.ClH/c1-29(2)16-7-17-30(27-28-23-18-22(33-3)14-15-24(23)34-27)26(32)21-12-10-20(11-13-21)25(31)19-8-5-4-6-9-19;/h4-6,8-15,18H,7,16-17H2,1-3H3;1H/p-1. The van der Waals surface area contributed by atoms with E-state index >= 15 is 0 Å². The normalized spacial score (nSPS) is 10.7. The zero-order chi connectivity index (χ0) is 24.1. The second-order valence-electron chi connectivity index (χ2n) is 8.22. The van der Waals surface area contributed by atoms with Crippen LogP contribution >= 0.6 is 11.3 Å². The largest absolute Gasteiger partial charge is 1.00 e. The lowest BCUT2D eigenvalue weighted by Crippen LogP contribution is -3.00. The van der Waals surface area contributed by atoms with E-state index in [0.29, 0.717) is 28.4 Å². The molecule has 6 nitrogen and oxygen atoms in total. The molecule has 0 saturated heterocycles. The topological polar surface area (TPSA) is 62.7 Å². The van der Waals surface area contributed by atoms with Crippen LogP contribution < -0.4 is 22.0 Å². The lowest BCUT2D eigenvalue weighted by atomic mass is 10.0. The van der Waals surface area contributed by atoms with Crippen LogP contribution in [0.5, 0.6) is 5.75 Å². The average molecular weight is 509 g/mol. The zero-order valence-corrected chi connectivity index (χ0v) is 21.5. The third-order valence-corrected chi connectivity index (χ3v) is 6.54. The van der Waals surface area contributed by atoms with Crippen molar-refractivity contribution in [3.8, 4) is 5.75 Å². The van der Waals surface area contributed by atoms with E-state index in [2.05, 4.69) is 4.90 Å². The number of amides is 1. The number of hydrogen-bond acceptors (Lipinski definition) is 6. The number of aromatic nitrogens is 1. The Morgan fingerprint density at radius 1 is 0.886 bits per heavy atom. The fraction of sp³-hybridized carbons (Fsp3) is 0.222.